The lowest BCUT2D eigenvalue weighted by molar-refractivity contribution is 0.0977. The van der Waals surface area contributed by atoms with E-state index in [0.717, 1.165) is 5.56 Å². The molecule has 7 heteroatoms. The Morgan fingerprint density at radius 3 is 1.79 bits per heavy atom. The maximum atomic E-state index is 13.4. The molecular formula is C26H36O7. The van der Waals surface area contributed by atoms with Crippen molar-refractivity contribution in [2.75, 3.05) is 40.1 Å². The van der Waals surface area contributed by atoms with Gasteiger partial charge in [-0.05, 0) is 53.2 Å². The molecule has 0 saturated heterocycles. The Balaban J connectivity index is 2.41. The lowest BCUT2D eigenvalue weighted by atomic mass is 10.00. The van der Waals surface area contributed by atoms with E-state index in [1.165, 1.54) is 0 Å². The monoisotopic (exact) mass is 460 g/mol. The van der Waals surface area contributed by atoms with Crippen molar-refractivity contribution < 1.29 is 33.2 Å². The Kier molecular flexibility index (Phi) is 10.7. The van der Waals surface area contributed by atoms with E-state index < -0.39 is 0 Å². The Labute approximate surface area is 196 Å². The number of rotatable bonds is 15. The normalized spacial score (nSPS) is 10.5. The number of hydrogen-bond acceptors (Lipinski definition) is 7. The first kappa shape index (κ1) is 26.2. The van der Waals surface area contributed by atoms with E-state index in [0.29, 0.717) is 79.5 Å². The third kappa shape index (κ3) is 6.94. The predicted molar refractivity (Wildman–Crippen MR) is 128 cm³/mol. The number of ketones is 1. The van der Waals surface area contributed by atoms with E-state index in [-0.39, 0.29) is 12.2 Å². The average molecular weight is 461 g/mol. The van der Waals surface area contributed by atoms with Gasteiger partial charge in [0.05, 0.1) is 45.7 Å². The summed E-state index contributed by atoms with van der Waals surface area (Å²) in [6.45, 7) is 11.8. The first-order valence-electron chi connectivity index (χ1n) is 11.6. The van der Waals surface area contributed by atoms with E-state index in [9.17, 15) is 4.79 Å². The van der Waals surface area contributed by atoms with Crippen LogP contribution in [0.4, 0.5) is 0 Å². The number of Topliss-reactive ketones (excluding diaryl/α,β-unsaturated/α-hetero) is 1. The van der Waals surface area contributed by atoms with Gasteiger partial charge >= 0.3 is 0 Å². The van der Waals surface area contributed by atoms with Crippen LogP contribution in [-0.2, 0) is 6.42 Å². The minimum atomic E-state index is -0.0795. The van der Waals surface area contributed by atoms with Gasteiger partial charge in [0.2, 0.25) is 0 Å². The van der Waals surface area contributed by atoms with Gasteiger partial charge in [-0.15, -0.1) is 0 Å². The number of hydrogen-bond donors (Lipinski definition) is 0. The lowest BCUT2D eigenvalue weighted by Gasteiger charge is -2.18. The molecule has 0 bridgehead atoms. The third-order valence-electron chi connectivity index (χ3n) is 4.77. The molecule has 0 atom stereocenters. The summed E-state index contributed by atoms with van der Waals surface area (Å²) in [7, 11) is 1.59. The lowest BCUT2D eigenvalue weighted by Crippen LogP contribution is -2.09. The number of methoxy groups -OCH3 is 1. The molecule has 2 aromatic rings. The van der Waals surface area contributed by atoms with Crippen molar-refractivity contribution in [3.05, 3.63) is 35.4 Å². The van der Waals surface area contributed by atoms with Gasteiger partial charge in [0.15, 0.2) is 28.8 Å². The highest BCUT2D eigenvalue weighted by molar-refractivity contribution is 6.00. The molecule has 0 aliphatic heterocycles. The van der Waals surface area contributed by atoms with Crippen LogP contribution in [0.2, 0.25) is 0 Å². The zero-order chi connectivity index (χ0) is 24.2. The van der Waals surface area contributed by atoms with Gasteiger partial charge in [-0.1, -0.05) is 0 Å². The molecule has 0 saturated carbocycles. The van der Waals surface area contributed by atoms with Crippen LogP contribution < -0.4 is 28.4 Å². The molecule has 2 rings (SSSR count). The molecule has 0 amide bonds. The Hall–Kier alpha value is -3.09. The number of carbonyl (C=O) groups excluding carboxylic acids is 1. The minimum absolute atomic E-state index is 0.0795. The van der Waals surface area contributed by atoms with Crippen molar-refractivity contribution >= 4 is 5.78 Å². The van der Waals surface area contributed by atoms with Gasteiger partial charge in [-0.2, -0.15) is 0 Å². The molecule has 33 heavy (non-hydrogen) atoms. The molecule has 0 radical (unpaired) electrons. The number of carbonyl (C=O) groups is 1. The van der Waals surface area contributed by atoms with Gasteiger partial charge in [-0.25, -0.2) is 0 Å². The Bertz CT molecular complexity index is 908. The summed E-state index contributed by atoms with van der Waals surface area (Å²) in [5.41, 5.74) is 1.29. The van der Waals surface area contributed by atoms with Crippen molar-refractivity contribution in [3.63, 3.8) is 0 Å². The first-order valence-corrected chi connectivity index (χ1v) is 11.6. The fourth-order valence-corrected chi connectivity index (χ4v) is 3.50. The van der Waals surface area contributed by atoms with E-state index in [1.54, 1.807) is 25.3 Å². The van der Waals surface area contributed by atoms with E-state index in [4.69, 9.17) is 28.4 Å². The highest BCUT2D eigenvalue weighted by Crippen LogP contribution is 2.39. The zero-order valence-corrected chi connectivity index (χ0v) is 20.6. The largest absolute Gasteiger partial charge is 0.494 e. The van der Waals surface area contributed by atoms with Crippen LogP contribution in [0.15, 0.2) is 24.3 Å². The summed E-state index contributed by atoms with van der Waals surface area (Å²) < 4.78 is 34.2. The SMILES string of the molecule is CCOc1cc(CCC(=O)c2cc(OCC)cc(OCC)c2OCC)c(OCC)c(OC)c1. The molecular weight excluding hydrogens is 424 g/mol. The molecule has 0 N–H and O–H groups in total. The quantitative estimate of drug-likeness (QED) is 0.325. The van der Waals surface area contributed by atoms with Crippen molar-refractivity contribution in [1.82, 2.24) is 0 Å². The highest BCUT2D eigenvalue weighted by Gasteiger charge is 2.21. The summed E-state index contributed by atoms with van der Waals surface area (Å²) in [6, 6.07) is 7.18. The van der Waals surface area contributed by atoms with E-state index in [2.05, 4.69) is 0 Å². The number of benzene rings is 2. The van der Waals surface area contributed by atoms with Crippen LogP contribution in [-0.4, -0.2) is 45.9 Å². The van der Waals surface area contributed by atoms with Crippen LogP contribution in [0, 0.1) is 0 Å². The summed E-state index contributed by atoms with van der Waals surface area (Å²) in [5, 5.41) is 0. The number of aryl methyl sites for hydroxylation is 1. The summed E-state index contributed by atoms with van der Waals surface area (Å²) in [5.74, 6) is 3.32. The molecule has 0 unspecified atom stereocenters. The minimum Gasteiger partial charge on any atom is -0.494 e. The van der Waals surface area contributed by atoms with Crippen LogP contribution in [0.25, 0.3) is 0 Å². The Morgan fingerprint density at radius 1 is 0.667 bits per heavy atom. The molecule has 0 heterocycles. The van der Waals surface area contributed by atoms with Crippen LogP contribution >= 0.6 is 0 Å². The summed E-state index contributed by atoms with van der Waals surface area (Å²) in [6.07, 6.45) is 0.680. The van der Waals surface area contributed by atoms with Gasteiger partial charge in [0.25, 0.3) is 0 Å². The molecule has 0 aliphatic rings. The third-order valence-corrected chi connectivity index (χ3v) is 4.77. The predicted octanol–water partition coefficient (Wildman–Crippen LogP) is 5.50. The molecule has 0 aromatic heterocycles. The zero-order valence-electron chi connectivity index (χ0n) is 20.6. The first-order chi connectivity index (χ1) is 16.0. The molecule has 0 spiro atoms. The van der Waals surface area contributed by atoms with Crippen molar-refractivity contribution in [2.45, 2.75) is 47.5 Å². The van der Waals surface area contributed by atoms with Gasteiger partial charge in [-0.3, -0.25) is 4.79 Å². The smallest absolute Gasteiger partial charge is 0.172 e. The molecule has 7 nitrogen and oxygen atoms in total. The molecule has 182 valence electrons. The van der Waals surface area contributed by atoms with Gasteiger partial charge in [0.1, 0.15) is 11.5 Å². The van der Waals surface area contributed by atoms with E-state index >= 15 is 0 Å². The van der Waals surface area contributed by atoms with Gasteiger partial charge in [0, 0.05) is 24.1 Å². The summed E-state index contributed by atoms with van der Waals surface area (Å²) in [4.78, 5) is 13.4. The topological polar surface area (TPSA) is 72.5 Å². The average Bonchev–Trinajstić information content (AvgIpc) is 2.80. The highest BCUT2D eigenvalue weighted by atomic mass is 16.5. The van der Waals surface area contributed by atoms with Crippen molar-refractivity contribution in [1.29, 1.82) is 0 Å². The standard InChI is InChI=1S/C26H36O7/c1-7-29-19-14-18(25(32-10-4)23(16-19)28-6)12-13-22(27)21-15-20(30-8-2)17-24(31-9-3)26(21)33-11-5/h14-17H,7-13H2,1-6H3. The molecule has 0 fully saturated rings. The summed E-state index contributed by atoms with van der Waals surface area (Å²) >= 11 is 0. The second kappa shape index (κ2) is 13.5. The second-order valence-electron chi connectivity index (χ2n) is 7.00. The fraction of sp³-hybridized carbons (Fsp3) is 0.500. The van der Waals surface area contributed by atoms with E-state index in [1.807, 2.05) is 40.7 Å². The van der Waals surface area contributed by atoms with Gasteiger partial charge < -0.3 is 28.4 Å². The van der Waals surface area contributed by atoms with Crippen LogP contribution in [0.3, 0.4) is 0 Å². The van der Waals surface area contributed by atoms with Crippen molar-refractivity contribution in [3.8, 4) is 34.5 Å². The Morgan fingerprint density at radius 2 is 1.21 bits per heavy atom. The number of ether oxygens (including phenoxy) is 6. The second-order valence-corrected chi connectivity index (χ2v) is 7.00. The fourth-order valence-electron chi connectivity index (χ4n) is 3.50. The molecule has 0 aliphatic carbocycles. The maximum absolute atomic E-state index is 13.4. The molecule has 2 aromatic carbocycles. The van der Waals surface area contributed by atoms with Crippen molar-refractivity contribution in [2.24, 2.45) is 0 Å². The van der Waals surface area contributed by atoms with Crippen LogP contribution in [0.5, 0.6) is 34.5 Å². The maximum Gasteiger partial charge on any atom is 0.172 e. The van der Waals surface area contributed by atoms with Crippen LogP contribution in [0.1, 0.15) is 57.0 Å².